The SMILES string of the molecule is COc1ccc(N2C(=O)[C@H]3[C@H](ON(c4ccccc4)[C@H]3c3ccc(NC(C)=O)cc3)C2=O)cc1. The van der Waals surface area contributed by atoms with Gasteiger partial charge in [-0.05, 0) is 54.1 Å². The van der Waals surface area contributed by atoms with E-state index in [1.807, 2.05) is 42.5 Å². The van der Waals surface area contributed by atoms with Gasteiger partial charge in [0.2, 0.25) is 11.8 Å². The maximum atomic E-state index is 13.6. The summed E-state index contributed by atoms with van der Waals surface area (Å²) in [6.07, 6.45) is -0.949. The molecule has 3 atom stereocenters. The van der Waals surface area contributed by atoms with Crippen molar-refractivity contribution in [2.75, 3.05) is 22.4 Å². The van der Waals surface area contributed by atoms with Crippen molar-refractivity contribution in [1.82, 2.24) is 0 Å². The van der Waals surface area contributed by atoms with Crippen LogP contribution in [0.25, 0.3) is 0 Å². The van der Waals surface area contributed by atoms with Crippen LogP contribution in [0.2, 0.25) is 0 Å². The van der Waals surface area contributed by atoms with Gasteiger partial charge in [-0.15, -0.1) is 0 Å². The van der Waals surface area contributed by atoms with Crippen molar-refractivity contribution in [2.45, 2.75) is 19.1 Å². The number of hydrogen-bond acceptors (Lipinski definition) is 6. The van der Waals surface area contributed by atoms with Gasteiger partial charge >= 0.3 is 0 Å². The van der Waals surface area contributed by atoms with Crippen molar-refractivity contribution in [3.05, 3.63) is 84.4 Å². The van der Waals surface area contributed by atoms with Crippen LogP contribution in [0, 0.1) is 5.92 Å². The molecule has 0 aromatic heterocycles. The molecule has 0 saturated carbocycles. The molecule has 1 N–H and O–H groups in total. The molecule has 3 amide bonds. The molecule has 3 aromatic rings. The zero-order chi connectivity index (χ0) is 23.8. The number of nitrogens with zero attached hydrogens (tertiary/aromatic N) is 2. The molecule has 2 aliphatic rings. The van der Waals surface area contributed by atoms with Gasteiger partial charge in [0.1, 0.15) is 11.7 Å². The minimum absolute atomic E-state index is 0.172. The number of methoxy groups -OCH3 is 1. The zero-order valence-corrected chi connectivity index (χ0v) is 18.7. The Balaban J connectivity index is 1.53. The standard InChI is InChI=1S/C26H23N3O5/c1-16(30)27-18-10-8-17(9-11-18)23-22-24(34-29(23)20-6-4-3-5-7-20)26(32)28(25(22)31)19-12-14-21(33-2)15-13-19/h3-15,22-24H,1-2H3,(H,27,30)/t22-,23+,24+/m1/s1. The van der Waals surface area contributed by atoms with E-state index in [1.54, 1.807) is 48.6 Å². The lowest BCUT2D eigenvalue weighted by Gasteiger charge is -2.29. The number of rotatable bonds is 5. The zero-order valence-electron chi connectivity index (χ0n) is 18.7. The fourth-order valence-corrected chi connectivity index (χ4v) is 4.50. The molecule has 0 aliphatic carbocycles. The average Bonchev–Trinajstić information content (AvgIpc) is 3.36. The van der Waals surface area contributed by atoms with Crippen LogP contribution in [0.15, 0.2) is 78.9 Å². The monoisotopic (exact) mass is 457 g/mol. The van der Waals surface area contributed by atoms with Crippen molar-refractivity contribution in [1.29, 1.82) is 0 Å². The van der Waals surface area contributed by atoms with Gasteiger partial charge in [0.05, 0.1) is 24.5 Å². The normalized spacial score (nSPS) is 21.5. The highest BCUT2D eigenvalue weighted by Gasteiger charge is 2.60. The fraction of sp³-hybridized carbons (Fsp3) is 0.192. The van der Waals surface area contributed by atoms with E-state index in [1.165, 1.54) is 11.8 Å². The van der Waals surface area contributed by atoms with Gasteiger partial charge in [0, 0.05) is 12.6 Å². The predicted molar refractivity (Wildman–Crippen MR) is 126 cm³/mol. The number of ether oxygens (including phenoxy) is 1. The molecule has 8 heteroatoms. The number of amides is 3. The molecule has 0 spiro atoms. The Morgan fingerprint density at radius 2 is 1.56 bits per heavy atom. The summed E-state index contributed by atoms with van der Waals surface area (Å²) >= 11 is 0. The molecule has 34 heavy (non-hydrogen) atoms. The van der Waals surface area contributed by atoms with Crippen molar-refractivity contribution in [2.24, 2.45) is 5.92 Å². The van der Waals surface area contributed by atoms with Crippen LogP contribution in [0.1, 0.15) is 18.5 Å². The van der Waals surface area contributed by atoms with E-state index in [2.05, 4.69) is 5.32 Å². The highest BCUT2D eigenvalue weighted by molar-refractivity contribution is 6.24. The van der Waals surface area contributed by atoms with Gasteiger partial charge in [-0.2, -0.15) is 0 Å². The third-order valence-electron chi connectivity index (χ3n) is 6.03. The number of benzene rings is 3. The Morgan fingerprint density at radius 3 is 2.18 bits per heavy atom. The number of fused-ring (bicyclic) bond motifs is 1. The minimum atomic E-state index is -0.949. The fourth-order valence-electron chi connectivity index (χ4n) is 4.50. The van der Waals surface area contributed by atoms with Gasteiger partial charge in [0.25, 0.3) is 5.91 Å². The molecule has 172 valence electrons. The van der Waals surface area contributed by atoms with E-state index in [0.29, 0.717) is 17.1 Å². The summed E-state index contributed by atoms with van der Waals surface area (Å²) in [5, 5.41) is 4.38. The Kier molecular flexibility index (Phi) is 5.51. The van der Waals surface area contributed by atoms with Crippen LogP contribution in [0.3, 0.4) is 0 Å². The van der Waals surface area contributed by atoms with E-state index < -0.39 is 24.0 Å². The summed E-state index contributed by atoms with van der Waals surface area (Å²) in [5.41, 5.74) is 2.65. The maximum absolute atomic E-state index is 13.6. The van der Waals surface area contributed by atoms with Gasteiger partial charge in [-0.1, -0.05) is 30.3 Å². The molecule has 8 nitrogen and oxygen atoms in total. The number of carbonyl (C=O) groups excluding carboxylic acids is 3. The summed E-state index contributed by atoms with van der Waals surface area (Å²) in [6, 6.07) is 22.8. The second kappa shape index (κ2) is 8.64. The van der Waals surface area contributed by atoms with Crippen molar-refractivity contribution in [3.8, 4) is 5.75 Å². The molecule has 0 unspecified atom stereocenters. The summed E-state index contributed by atoms with van der Waals surface area (Å²) in [5.74, 6) is -1.00. The number of anilines is 3. The highest BCUT2D eigenvalue weighted by Crippen LogP contribution is 2.47. The first-order chi connectivity index (χ1) is 16.5. The van der Waals surface area contributed by atoms with E-state index in [-0.39, 0.29) is 11.8 Å². The van der Waals surface area contributed by atoms with Crippen molar-refractivity contribution < 1.29 is 24.0 Å². The first kappa shape index (κ1) is 21.7. The highest BCUT2D eigenvalue weighted by atomic mass is 16.7. The molecule has 2 saturated heterocycles. The molecule has 2 aliphatic heterocycles. The second-order valence-electron chi connectivity index (χ2n) is 8.17. The molecule has 0 radical (unpaired) electrons. The van der Waals surface area contributed by atoms with Gasteiger partial charge in [-0.3, -0.25) is 19.2 Å². The summed E-state index contributed by atoms with van der Waals surface area (Å²) in [6.45, 7) is 1.44. The molecule has 2 heterocycles. The van der Waals surface area contributed by atoms with Crippen LogP contribution in [0.5, 0.6) is 5.75 Å². The number of para-hydroxylation sites is 1. The second-order valence-corrected chi connectivity index (χ2v) is 8.17. The Hall–Kier alpha value is -4.17. The number of hydroxylamine groups is 1. The van der Waals surface area contributed by atoms with Gasteiger partial charge < -0.3 is 10.1 Å². The van der Waals surface area contributed by atoms with E-state index in [0.717, 1.165) is 11.3 Å². The quantitative estimate of drug-likeness (QED) is 0.588. The average molecular weight is 457 g/mol. The summed E-state index contributed by atoms with van der Waals surface area (Å²) < 4.78 is 5.19. The lowest BCUT2D eigenvalue weighted by Crippen LogP contribution is -2.37. The van der Waals surface area contributed by atoms with Crippen molar-refractivity contribution in [3.63, 3.8) is 0 Å². The van der Waals surface area contributed by atoms with E-state index in [4.69, 9.17) is 9.57 Å². The first-order valence-electron chi connectivity index (χ1n) is 10.9. The molecular formula is C26H23N3O5. The Bertz CT molecular complexity index is 1230. The van der Waals surface area contributed by atoms with Crippen LogP contribution < -0.4 is 20.0 Å². The van der Waals surface area contributed by atoms with Crippen LogP contribution in [-0.4, -0.2) is 30.9 Å². The molecular weight excluding hydrogens is 434 g/mol. The Labute approximate surface area is 196 Å². The van der Waals surface area contributed by atoms with E-state index in [9.17, 15) is 14.4 Å². The maximum Gasteiger partial charge on any atom is 0.266 e. The third-order valence-corrected chi connectivity index (χ3v) is 6.03. The Morgan fingerprint density at radius 1 is 0.882 bits per heavy atom. The first-order valence-corrected chi connectivity index (χ1v) is 10.9. The number of carbonyl (C=O) groups is 3. The topological polar surface area (TPSA) is 88.2 Å². The smallest absolute Gasteiger partial charge is 0.266 e. The lowest BCUT2D eigenvalue weighted by molar-refractivity contribution is -0.126. The number of imide groups is 1. The predicted octanol–water partition coefficient (Wildman–Crippen LogP) is 3.70. The van der Waals surface area contributed by atoms with Crippen LogP contribution in [0.4, 0.5) is 17.1 Å². The summed E-state index contributed by atoms with van der Waals surface area (Å²) in [4.78, 5) is 45.7. The van der Waals surface area contributed by atoms with E-state index >= 15 is 0 Å². The third kappa shape index (κ3) is 3.68. The largest absolute Gasteiger partial charge is 0.497 e. The van der Waals surface area contributed by atoms with Crippen molar-refractivity contribution >= 4 is 34.8 Å². The molecule has 0 bridgehead atoms. The molecule has 2 fully saturated rings. The van der Waals surface area contributed by atoms with Gasteiger partial charge in [-0.25, -0.2) is 9.96 Å². The van der Waals surface area contributed by atoms with Crippen LogP contribution in [-0.2, 0) is 19.2 Å². The number of hydrogen-bond donors (Lipinski definition) is 1. The molecule has 5 rings (SSSR count). The van der Waals surface area contributed by atoms with Gasteiger partial charge in [0.15, 0.2) is 6.10 Å². The minimum Gasteiger partial charge on any atom is -0.497 e. The number of nitrogens with one attached hydrogen (secondary N) is 1. The lowest BCUT2D eigenvalue weighted by atomic mass is 9.90. The molecule has 3 aromatic carbocycles. The van der Waals surface area contributed by atoms with Crippen LogP contribution >= 0.6 is 0 Å². The summed E-state index contributed by atoms with van der Waals surface area (Å²) in [7, 11) is 1.55.